The van der Waals surface area contributed by atoms with Gasteiger partial charge < -0.3 is 9.84 Å². The molecule has 19 heavy (non-hydrogen) atoms. The molecule has 0 unspecified atom stereocenters. The van der Waals surface area contributed by atoms with E-state index in [0.717, 1.165) is 11.1 Å². The third-order valence-electron chi connectivity index (χ3n) is 2.63. The van der Waals surface area contributed by atoms with Gasteiger partial charge >= 0.3 is 0 Å². The Labute approximate surface area is 111 Å². The molecule has 0 radical (unpaired) electrons. The van der Waals surface area contributed by atoms with Crippen LogP contribution in [0.2, 0.25) is 0 Å². The highest BCUT2D eigenvalue weighted by Crippen LogP contribution is 2.25. The molecule has 0 aliphatic carbocycles. The number of aliphatic imine (C=N–C) groups is 1. The van der Waals surface area contributed by atoms with Crippen LogP contribution in [0.4, 0.5) is 4.39 Å². The Kier molecular flexibility index (Phi) is 4.13. The first kappa shape index (κ1) is 13.1. The molecule has 2 rings (SSSR count). The zero-order valence-electron chi connectivity index (χ0n) is 10.5. The second-order valence-corrected chi connectivity index (χ2v) is 4.03. The van der Waals surface area contributed by atoms with Crippen molar-refractivity contribution < 1.29 is 14.2 Å². The predicted molar refractivity (Wildman–Crippen MR) is 72.4 cm³/mol. The van der Waals surface area contributed by atoms with Crippen molar-refractivity contribution in [3.05, 3.63) is 59.4 Å². The van der Waals surface area contributed by atoms with E-state index < -0.39 is 0 Å². The van der Waals surface area contributed by atoms with Crippen LogP contribution in [0.5, 0.6) is 11.5 Å². The Morgan fingerprint density at radius 3 is 2.63 bits per heavy atom. The van der Waals surface area contributed by atoms with Crippen LogP contribution in [-0.2, 0) is 6.54 Å². The summed E-state index contributed by atoms with van der Waals surface area (Å²) in [5, 5.41) is 9.46. The molecule has 0 aliphatic rings. The summed E-state index contributed by atoms with van der Waals surface area (Å²) in [6.07, 6.45) is 1.69. The van der Waals surface area contributed by atoms with Crippen molar-refractivity contribution >= 4 is 6.21 Å². The molecule has 0 amide bonds. The summed E-state index contributed by atoms with van der Waals surface area (Å²) < 4.78 is 17.7. The topological polar surface area (TPSA) is 41.8 Å². The fourth-order valence-electron chi connectivity index (χ4n) is 1.62. The molecule has 2 aromatic rings. The fourth-order valence-corrected chi connectivity index (χ4v) is 1.62. The lowest BCUT2D eigenvalue weighted by Crippen LogP contribution is -1.88. The molecule has 98 valence electrons. The van der Waals surface area contributed by atoms with Crippen molar-refractivity contribution in [3.8, 4) is 11.5 Å². The Balaban J connectivity index is 2.04. The van der Waals surface area contributed by atoms with Crippen molar-refractivity contribution in [1.82, 2.24) is 0 Å². The van der Waals surface area contributed by atoms with E-state index in [1.165, 1.54) is 19.2 Å². The van der Waals surface area contributed by atoms with Gasteiger partial charge in [-0.25, -0.2) is 4.39 Å². The lowest BCUT2D eigenvalue weighted by atomic mass is 10.2. The third-order valence-corrected chi connectivity index (χ3v) is 2.63. The number of nitrogens with zero attached hydrogens (tertiary/aromatic N) is 1. The maximum absolute atomic E-state index is 12.7. The smallest absolute Gasteiger partial charge is 0.161 e. The molecular formula is C15H14FNO2. The minimum atomic E-state index is -0.254. The predicted octanol–water partition coefficient (Wildman–Crippen LogP) is 3.16. The van der Waals surface area contributed by atoms with Crippen molar-refractivity contribution in [2.24, 2.45) is 4.99 Å². The molecule has 0 heterocycles. The molecule has 4 heteroatoms. The quantitative estimate of drug-likeness (QED) is 0.857. The van der Waals surface area contributed by atoms with Crippen molar-refractivity contribution in [3.63, 3.8) is 0 Å². The maximum atomic E-state index is 12.7. The zero-order valence-corrected chi connectivity index (χ0v) is 10.5. The van der Waals surface area contributed by atoms with Crippen LogP contribution in [-0.4, -0.2) is 18.4 Å². The van der Waals surface area contributed by atoms with Gasteiger partial charge in [-0.2, -0.15) is 0 Å². The molecule has 0 aliphatic heterocycles. The highest BCUT2D eigenvalue weighted by molar-refractivity contribution is 5.80. The minimum Gasteiger partial charge on any atom is -0.504 e. The largest absolute Gasteiger partial charge is 0.504 e. The van der Waals surface area contributed by atoms with E-state index in [1.54, 1.807) is 36.5 Å². The maximum Gasteiger partial charge on any atom is 0.161 e. The summed E-state index contributed by atoms with van der Waals surface area (Å²) in [4.78, 5) is 4.26. The first-order valence-corrected chi connectivity index (χ1v) is 5.80. The van der Waals surface area contributed by atoms with Gasteiger partial charge in [0.05, 0.1) is 13.7 Å². The summed E-state index contributed by atoms with van der Waals surface area (Å²) >= 11 is 0. The van der Waals surface area contributed by atoms with Crippen LogP contribution < -0.4 is 4.74 Å². The summed E-state index contributed by atoms with van der Waals surface area (Å²) in [6.45, 7) is 0.476. The number of halogens is 1. The number of methoxy groups -OCH3 is 1. The molecule has 0 aromatic heterocycles. The van der Waals surface area contributed by atoms with Crippen LogP contribution in [0.1, 0.15) is 11.1 Å². The summed E-state index contributed by atoms with van der Waals surface area (Å²) in [7, 11) is 1.49. The van der Waals surface area contributed by atoms with E-state index in [9.17, 15) is 9.50 Å². The van der Waals surface area contributed by atoms with Gasteiger partial charge in [0, 0.05) is 6.21 Å². The van der Waals surface area contributed by atoms with E-state index in [2.05, 4.69) is 4.99 Å². The van der Waals surface area contributed by atoms with Crippen molar-refractivity contribution in [2.75, 3.05) is 7.11 Å². The van der Waals surface area contributed by atoms with Crippen LogP contribution in [0, 0.1) is 5.82 Å². The normalized spacial score (nSPS) is 10.8. The molecule has 1 N–H and O–H groups in total. The number of hydrogen-bond acceptors (Lipinski definition) is 3. The molecular weight excluding hydrogens is 245 g/mol. The Bertz CT molecular complexity index is 579. The lowest BCUT2D eigenvalue weighted by molar-refractivity contribution is 0.373. The number of phenols is 1. The molecule has 2 aromatic carbocycles. The molecule has 0 saturated heterocycles. The Morgan fingerprint density at radius 1 is 1.21 bits per heavy atom. The van der Waals surface area contributed by atoms with E-state index >= 15 is 0 Å². The number of phenolic OH excluding ortho intramolecular Hbond substituents is 1. The zero-order chi connectivity index (χ0) is 13.7. The first-order valence-electron chi connectivity index (χ1n) is 5.80. The van der Waals surface area contributed by atoms with E-state index in [1.807, 2.05) is 0 Å². The average molecular weight is 259 g/mol. The van der Waals surface area contributed by atoms with E-state index in [4.69, 9.17) is 4.74 Å². The number of hydrogen-bond donors (Lipinski definition) is 1. The van der Waals surface area contributed by atoms with Gasteiger partial charge in [0.2, 0.25) is 0 Å². The summed E-state index contributed by atoms with van der Waals surface area (Å²) in [5.74, 6) is 0.250. The van der Waals surface area contributed by atoms with Crippen molar-refractivity contribution in [2.45, 2.75) is 6.54 Å². The van der Waals surface area contributed by atoms with Gasteiger partial charge in [-0.1, -0.05) is 12.1 Å². The number of aromatic hydroxyl groups is 1. The fraction of sp³-hybridized carbons (Fsp3) is 0.133. The summed E-state index contributed by atoms with van der Waals surface area (Å²) in [5.41, 5.74) is 1.76. The Morgan fingerprint density at radius 2 is 1.95 bits per heavy atom. The monoisotopic (exact) mass is 259 g/mol. The number of rotatable bonds is 4. The van der Waals surface area contributed by atoms with E-state index in [0.29, 0.717) is 12.3 Å². The van der Waals surface area contributed by atoms with Gasteiger partial charge in [0.25, 0.3) is 0 Å². The second kappa shape index (κ2) is 6.00. The van der Waals surface area contributed by atoms with E-state index in [-0.39, 0.29) is 11.6 Å². The molecule has 0 spiro atoms. The lowest BCUT2D eigenvalue weighted by Gasteiger charge is -2.03. The molecule has 0 fully saturated rings. The highest BCUT2D eigenvalue weighted by atomic mass is 19.1. The molecule has 0 saturated carbocycles. The van der Waals surface area contributed by atoms with Crippen LogP contribution in [0.15, 0.2) is 47.5 Å². The summed E-state index contributed by atoms with van der Waals surface area (Å²) in [6, 6.07) is 11.2. The van der Waals surface area contributed by atoms with Gasteiger partial charge in [0.15, 0.2) is 11.5 Å². The van der Waals surface area contributed by atoms with Gasteiger partial charge in [-0.15, -0.1) is 0 Å². The van der Waals surface area contributed by atoms with Crippen molar-refractivity contribution in [1.29, 1.82) is 0 Å². The number of ether oxygens (including phenoxy) is 1. The van der Waals surface area contributed by atoms with Crippen LogP contribution >= 0.6 is 0 Å². The van der Waals surface area contributed by atoms with Crippen LogP contribution in [0.25, 0.3) is 0 Å². The highest BCUT2D eigenvalue weighted by Gasteiger charge is 2.00. The standard InChI is InChI=1S/C15H14FNO2/c1-19-15-8-12(4-7-14(15)18)10-17-9-11-2-5-13(16)6-3-11/h2-8,10,18H,9H2,1H3. The average Bonchev–Trinajstić information content (AvgIpc) is 2.43. The van der Waals surface area contributed by atoms with Gasteiger partial charge in [-0.3, -0.25) is 4.99 Å². The van der Waals surface area contributed by atoms with Gasteiger partial charge in [-0.05, 0) is 41.5 Å². The SMILES string of the molecule is COc1cc(C=NCc2ccc(F)cc2)ccc1O. The van der Waals surface area contributed by atoms with Crippen LogP contribution in [0.3, 0.4) is 0 Å². The minimum absolute atomic E-state index is 0.0955. The molecule has 0 bridgehead atoms. The molecule has 0 atom stereocenters. The Hall–Kier alpha value is -2.36. The first-order chi connectivity index (χ1) is 9.19. The third kappa shape index (κ3) is 3.55. The number of benzene rings is 2. The second-order valence-electron chi connectivity index (χ2n) is 4.03. The van der Waals surface area contributed by atoms with Gasteiger partial charge in [0.1, 0.15) is 5.82 Å². The molecule has 3 nitrogen and oxygen atoms in total.